The highest BCUT2D eigenvalue weighted by molar-refractivity contribution is 6.91. The number of benzene rings is 1. The van der Waals surface area contributed by atoms with E-state index in [1.807, 2.05) is 24.3 Å². The van der Waals surface area contributed by atoms with Gasteiger partial charge in [0, 0.05) is 6.21 Å². The molecule has 0 aromatic heterocycles. The number of carbonyl (C=O) groups excluding carboxylic acids is 1. The number of allylic oxidation sites excluding steroid dienone is 1. The predicted molar refractivity (Wildman–Crippen MR) is 93.1 cm³/mol. The summed E-state index contributed by atoms with van der Waals surface area (Å²) < 4.78 is 4.99. The molecule has 0 bridgehead atoms. The molecule has 0 saturated carbocycles. The monoisotopic (exact) mass is 319 g/mol. The third-order valence-corrected chi connectivity index (χ3v) is 8.21. The molecule has 0 radical (unpaired) electrons. The van der Waals surface area contributed by atoms with Crippen LogP contribution in [0, 0.1) is 5.92 Å². The number of esters is 1. The molecule has 0 fully saturated rings. The standard InChI is InChI=1S/C17H25NO3Si/c1-6-16(15(17(19)20-2)12-13-18-21-3)22(4,5)14-10-8-7-9-11-14/h6-11,13,15-16H,1,12H2,2-5H3/b18-13+/t15-,16-/m1/s1. The third-order valence-electron chi connectivity index (χ3n) is 4.08. The van der Waals surface area contributed by atoms with Crippen molar-refractivity contribution in [3.05, 3.63) is 43.0 Å². The molecule has 120 valence electrons. The van der Waals surface area contributed by atoms with Gasteiger partial charge in [0.25, 0.3) is 0 Å². The molecule has 1 rings (SSSR count). The molecule has 0 unspecified atom stereocenters. The third kappa shape index (κ3) is 4.30. The van der Waals surface area contributed by atoms with Crippen molar-refractivity contribution in [1.82, 2.24) is 0 Å². The summed E-state index contributed by atoms with van der Waals surface area (Å²) in [4.78, 5) is 16.9. The van der Waals surface area contributed by atoms with Crippen molar-refractivity contribution in [3.8, 4) is 0 Å². The Labute approximate surface area is 133 Å². The second-order valence-electron chi connectivity index (χ2n) is 5.69. The highest BCUT2D eigenvalue weighted by Crippen LogP contribution is 2.33. The quantitative estimate of drug-likeness (QED) is 0.243. The first-order valence-corrected chi connectivity index (χ1v) is 10.4. The zero-order valence-electron chi connectivity index (χ0n) is 13.8. The molecule has 0 spiro atoms. The molecule has 0 saturated heterocycles. The lowest BCUT2D eigenvalue weighted by Gasteiger charge is -2.35. The molecule has 4 nitrogen and oxygen atoms in total. The van der Waals surface area contributed by atoms with E-state index in [-0.39, 0.29) is 17.4 Å². The first-order valence-electron chi connectivity index (χ1n) is 7.29. The molecular weight excluding hydrogens is 294 g/mol. The highest BCUT2D eigenvalue weighted by atomic mass is 28.3. The number of hydrogen-bond acceptors (Lipinski definition) is 4. The summed E-state index contributed by atoms with van der Waals surface area (Å²) in [6.45, 7) is 8.47. The average Bonchev–Trinajstić information content (AvgIpc) is 2.54. The molecule has 0 N–H and O–H groups in total. The van der Waals surface area contributed by atoms with E-state index in [2.05, 4.69) is 37.0 Å². The van der Waals surface area contributed by atoms with Crippen LogP contribution in [0.2, 0.25) is 18.6 Å². The highest BCUT2D eigenvalue weighted by Gasteiger charge is 2.40. The summed E-state index contributed by atoms with van der Waals surface area (Å²) in [6.07, 6.45) is 3.98. The van der Waals surface area contributed by atoms with Gasteiger partial charge in [-0.2, -0.15) is 0 Å². The van der Waals surface area contributed by atoms with Gasteiger partial charge in [0.1, 0.15) is 7.11 Å². The number of hydrogen-bond donors (Lipinski definition) is 0. The number of rotatable bonds is 8. The fourth-order valence-electron chi connectivity index (χ4n) is 2.79. The predicted octanol–water partition coefficient (Wildman–Crippen LogP) is 2.97. The van der Waals surface area contributed by atoms with Gasteiger partial charge >= 0.3 is 5.97 Å². The van der Waals surface area contributed by atoms with Crippen molar-refractivity contribution in [3.63, 3.8) is 0 Å². The van der Waals surface area contributed by atoms with Crippen molar-refractivity contribution in [2.24, 2.45) is 11.1 Å². The molecule has 2 atom stereocenters. The second-order valence-corrected chi connectivity index (χ2v) is 10.4. The Morgan fingerprint density at radius 1 is 1.32 bits per heavy atom. The van der Waals surface area contributed by atoms with Gasteiger partial charge in [-0.3, -0.25) is 4.79 Å². The number of carbonyl (C=O) groups is 1. The van der Waals surface area contributed by atoms with E-state index in [0.717, 1.165) is 0 Å². The Morgan fingerprint density at radius 3 is 2.45 bits per heavy atom. The Balaban J connectivity index is 3.14. The van der Waals surface area contributed by atoms with E-state index >= 15 is 0 Å². The van der Waals surface area contributed by atoms with Crippen molar-refractivity contribution in [2.75, 3.05) is 14.2 Å². The van der Waals surface area contributed by atoms with Gasteiger partial charge in [0.2, 0.25) is 0 Å². The molecule has 0 heterocycles. The molecule has 0 aliphatic rings. The minimum Gasteiger partial charge on any atom is -0.469 e. The summed E-state index contributed by atoms with van der Waals surface area (Å²) in [5.41, 5.74) is 0.0469. The van der Waals surface area contributed by atoms with Crippen molar-refractivity contribution in [1.29, 1.82) is 0 Å². The molecule has 1 aromatic carbocycles. The van der Waals surface area contributed by atoms with Crippen LogP contribution in [0.1, 0.15) is 6.42 Å². The summed E-state index contributed by atoms with van der Waals surface area (Å²) in [7, 11) is 0.968. The summed E-state index contributed by atoms with van der Waals surface area (Å²) in [5.74, 6) is -0.535. The van der Waals surface area contributed by atoms with Crippen LogP contribution in [0.25, 0.3) is 0 Å². The SMILES string of the molecule is C=C[C@H]([C@@H](C/C=N/OC)C(=O)OC)[Si](C)(C)c1ccccc1. The van der Waals surface area contributed by atoms with Gasteiger partial charge in [-0.1, -0.05) is 59.8 Å². The van der Waals surface area contributed by atoms with E-state index in [1.165, 1.54) is 19.4 Å². The molecule has 0 aliphatic heterocycles. The first-order chi connectivity index (χ1) is 10.5. The van der Waals surface area contributed by atoms with Crippen LogP contribution in [0.5, 0.6) is 0 Å². The number of ether oxygens (including phenoxy) is 1. The van der Waals surface area contributed by atoms with Crippen molar-refractivity contribution in [2.45, 2.75) is 25.1 Å². The topological polar surface area (TPSA) is 47.9 Å². The van der Waals surface area contributed by atoms with Gasteiger partial charge < -0.3 is 9.57 Å². The lowest BCUT2D eigenvalue weighted by Crippen LogP contribution is -2.49. The van der Waals surface area contributed by atoms with Gasteiger partial charge in [-0.05, 0) is 12.0 Å². The zero-order chi connectivity index (χ0) is 16.6. The fraction of sp³-hybridized carbons (Fsp3) is 0.412. The van der Waals surface area contributed by atoms with Crippen molar-refractivity contribution < 1.29 is 14.4 Å². The van der Waals surface area contributed by atoms with E-state index in [1.54, 1.807) is 6.21 Å². The van der Waals surface area contributed by atoms with Crippen LogP contribution in [-0.2, 0) is 14.4 Å². The molecule has 5 heteroatoms. The minimum atomic E-state index is -1.93. The largest absolute Gasteiger partial charge is 0.469 e. The maximum Gasteiger partial charge on any atom is 0.309 e. The minimum absolute atomic E-state index is 0.0469. The van der Waals surface area contributed by atoms with Crippen LogP contribution < -0.4 is 5.19 Å². The van der Waals surface area contributed by atoms with E-state index in [0.29, 0.717) is 6.42 Å². The van der Waals surface area contributed by atoms with Gasteiger partial charge in [0.15, 0.2) is 0 Å². The summed E-state index contributed by atoms with van der Waals surface area (Å²) in [6, 6.07) is 10.3. The van der Waals surface area contributed by atoms with Gasteiger partial charge in [-0.15, -0.1) is 6.58 Å². The van der Waals surface area contributed by atoms with Crippen LogP contribution in [-0.4, -0.2) is 34.5 Å². The Bertz CT molecular complexity index is 514. The van der Waals surface area contributed by atoms with Crippen LogP contribution >= 0.6 is 0 Å². The Hall–Kier alpha value is -1.88. The number of oxime groups is 1. The fourth-order valence-corrected chi connectivity index (χ4v) is 6.10. The Kier molecular flexibility index (Phi) is 7.05. The maximum atomic E-state index is 12.2. The smallest absolute Gasteiger partial charge is 0.309 e. The first kappa shape index (κ1) is 18.2. The number of methoxy groups -OCH3 is 1. The van der Waals surface area contributed by atoms with Crippen LogP contribution in [0.4, 0.5) is 0 Å². The van der Waals surface area contributed by atoms with E-state index < -0.39 is 8.07 Å². The van der Waals surface area contributed by atoms with E-state index in [9.17, 15) is 4.79 Å². The van der Waals surface area contributed by atoms with Crippen molar-refractivity contribution >= 4 is 25.4 Å². The molecule has 22 heavy (non-hydrogen) atoms. The molecular formula is C17H25NO3Si. The normalized spacial score (nSPS) is 14.4. The molecule has 0 amide bonds. The average molecular weight is 319 g/mol. The summed E-state index contributed by atoms with van der Waals surface area (Å²) in [5, 5.41) is 5.04. The molecule has 0 aliphatic carbocycles. The second kappa shape index (κ2) is 8.53. The number of nitrogens with zero attached hydrogens (tertiary/aromatic N) is 1. The Morgan fingerprint density at radius 2 is 1.95 bits per heavy atom. The maximum absolute atomic E-state index is 12.2. The van der Waals surface area contributed by atoms with Gasteiger partial charge in [0.05, 0.1) is 21.1 Å². The molecule has 1 aromatic rings. The lowest BCUT2D eigenvalue weighted by molar-refractivity contribution is -0.145. The van der Waals surface area contributed by atoms with E-state index in [4.69, 9.17) is 9.57 Å². The van der Waals surface area contributed by atoms with Crippen LogP contribution in [0.15, 0.2) is 48.1 Å². The lowest BCUT2D eigenvalue weighted by atomic mass is 10.0. The zero-order valence-corrected chi connectivity index (χ0v) is 14.8. The van der Waals surface area contributed by atoms with Gasteiger partial charge in [-0.25, -0.2) is 0 Å². The van der Waals surface area contributed by atoms with Crippen LogP contribution in [0.3, 0.4) is 0 Å². The summed E-state index contributed by atoms with van der Waals surface area (Å²) >= 11 is 0.